The Labute approximate surface area is 120 Å². The molecule has 7 heteroatoms. The van der Waals surface area contributed by atoms with E-state index in [4.69, 9.17) is 14.9 Å². The van der Waals surface area contributed by atoms with Crippen LogP contribution in [0.25, 0.3) is 16.7 Å². The highest BCUT2D eigenvalue weighted by Crippen LogP contribution is 2.25. The fourth-order valence-corrected chi connectivity index (χ4v) is 1.74. The summed E-state index contributed by atoms with van der Waals surface area (Å²) in [5.74, 6) is 0.492. The van der Waals surface area contributed by atoms with Crippen LogP contribution in [0.4, 0.5) is 0 Å². The van der Waals surface area contributed by atoms with Crippen LogP contribution < -0.4 is 26.9 Å². The van der Waals surface area contributed by atoms with Gasteiger partial charge in [0.2, 0.25) is 0 Å². The van der Waals surface area contributed by atoms with E-state index in [1.54, 1.807) is 24.3 Å². The zero-order chi connectivity index (χ0) is 14.7. The first-order valence-electron chi connectivity index (χ1n) is 5.64. The van der Waals surface area contributed by atoms with E-state index in [0.717, 1.165) is 5.39 Å². The van der Waals surface area contributed by atoms with Gasteiger partial charge in [-0.15, -0.1) is 0 Å². The lowest BCUT2D eigenvalue weighted by molar-refractivity contribution is 0.406. The van der Waals surface area contributed by atoms with E-state index in [1.807, 2.05) is 0 Å². The van der Waals surface area contributed by atoms with Crippen LogP contribution in [0.15, 0.2) is 40.1 Å². The van der Waals surface area contributed by atoms with Crippen molar-refractivity contribution in [3.8, 4) is 5.75 Å². The highest BCUT2D eigenvalue weighted by Gasteiger charge is 2.11. The van der Waals surface area contributed by atoms with Crippen LogP contribution in [0, 0.1) is 0 Å². The SMILES string of the molecule is C=C(NNC(N)=S)c1cc2cccc(OC)c2oc1=O. The molecule has 2 rings (SSSR count). The molecule has 0 radical (unpaired) electrons. The van der Waals surface area contributed by atoms with E-state index in [0.29, 0.717) is 17.0 Å². The second-order valence-electron chi connectivity index (χ2n) is 3.92. The highest BCUT2D eigenvalue weighted by atomic mass is 32.1. The van der Waals surface area contributed by atoms with E-state index >= 15 is 0 Å². The van der Waals surface area contributed by atoms with Crippen LogP contribution >= 0.6 is 12.2 Å². The zero-order valence-corrected chi connectivity index (χ0v) is 11.5. The summed E-state index contributed by atoms with van der Waals surface area (Å²) in [6, 6.07) is 6.97. The number of thiocarbonyl (C=S) groups is 1. The third-order valence-corrected chi connectivity index (χ3v) is 2.71. The van der Waals surface area contributed by atoms with Crippen molar-refractivity contribution in [2.24, 2.45) is 5.73 Å². The normalized spacial score (nSPS) is 10.1. The first-order chi connectivity index (χ1) is 9.52. The molecule has 6 nitrogen and oxygen atoms in total. The average molecular weight is 291 g/mol. The Kier molecular flexibility index (Phi) is 3.90. The van der Waals surface area contributed by atoms with Crippen LogP contribution in [0.3, 0.4) is 0 Å². The van der Waals surface area contributed by atoms with Crippen molar-refractivity contribution in [3.05, 3.63) is 46.8 Å². The van der Waals surface area contributed by atoms with Gasteiger partial charge in [-0.2, -0.15) is 0 Å². The van der Waals surface area contributed by atoms with Crippen molar-refractivity contribution in [3.63, 3.8) is 0 Å². The molecule has 20 heavy (non-hydrogen) atoms. The Bertz CT molecular complexity index is 739. The molecule has 0 bridgehead atoms. The second-order valence-corrected chi connectivity index (χ2v) is 4.36. The van der Waals surface area contributed by atoms with E-state index < -0.39 is 5.63 Å². The standard InChI is InChI=1S/C13H13N3O3S/c1-7(15-16-13(14)20)9-6-8-4-3-5-10(18-2)11(8)19-12(9)17/h3-6,15H,1H2,2H3,(H3,14,16,20). The maximum atomic E-state index is 12.0. The Morgan fingerprint density at radius 2 is 2.20 bits per heavy atom. The minimum Gasteiger partial charge on any atom is -0.493 e. The number of hydrogen-bond donors (Lipinski definition) is 3. The predicted molar refractivity (Wildman–Crippen MR) is 81.1 cm³/mol. The number of para-hydroxylation sites is 1. The molecule has 0 amide bonds. The number of hydrazine groups is 1. The van der Waals surface area contributed by atoms with Gasteiger partial charge in [0.05, 0.1) is 18.4 Å². The highest BCUT2D eigenvalue weighted by molar-refractivity contribution is 7.80. The molecule has 104 valence electrons. The molecule has 2 aromatic rings. The molecule has 0 unspecified atom stereocenters. The van der Waals surface area contributed by atoms with Gasteiger partial charge in [0.1, 0.15) is 0 Å². The average Bonchev–Trinajstić information content (AvgIpc) is 2.43. The van der Waals surface area contributed by atoms with Gasteiger partial charge in [-0.3, -0.25) is 10.9 Å². The van der Waals surface area contributed by atoms with Crippen molar-refractivity contribution < 1.29 is 9.15 Å². The summed E-state index contributed by atoms with van der Waals surface area (Å²) in [5.41, 5.74) is 10.8. The van der Waals surface area contributed by atoms with E-state index in [2.05, 4.69) is 29.6 Å². The minimum absolute atomic E-state index is 0.0398. The largest absolute Gasteiger partial charge is 0.493 e. The Morgan fingerprint density at radius 3 is 2.85 bits per heavy atom. The summed E-state index contributed by atoms with van der Waals surface area (Å²) in [5, 5.41) is 0.759. The molecule has 0 aliphatic heterocycles. The molecule has 0 saturated carbocycles. The van der Waals surface area contributed by atoms with Gasteiger partial charge >= 0.3 is 5.63 Å². The lowest BCUT2D eigenvalue weighted by Gasteiger charge is -2.10. The Morgan fingerprint density at radius 1 is 1.45 bits per heavy atom. The summed E-state index contributed by atoms with van der Waals surface area (Å²) >= 11 is 4.65. The molecular formula is C13H13N3O3S. The second kappa shape index (κ2) is 5.62. The summed E-state index contributed by atoms with van der Waals surface area (Å²) in [6.45, 7) is 3.73. The van der Waals surface area contributed by atoms with Gasteiger partial charge in [-0.05, 0) is 24.4 Å². The van der Waals surface area contributed by atoms with Crippen LogP contribution in [0.1, 0.15) is 5.56 Å². The smallest absolute Gasteiger partial charge is 0.345 e. The molecule has 1 heterocycles. The van der Waals surface area contributed by atoms with E-state index in [-0.39, 0.29) is 10.7 Å². The number of methoxy groups -OCH3 is 1. The lowest BCUT2D eigenvalue weighted by Crippen LogP contribution is -2.40. The number of rotatable bonds is 4. The molecule has 0 aliphatic carbocycles. The fourth-order valence-electron chi connectivity index (χ4n) is 1.69. The molecule has 0 spiro atoms. The van der Waals surface area contributed by atoms with Crippen molar-refractivity contribution in [1.82, 2.24) is 10.9 Å². The number of hydrogen-bond acceptors (Lipinski definition) is 5. The summed E-state index contributed by atoms with van der Waals surface area (Å²) in [4.78, 5) is 12.0. The molecule has 0 fully saturated rings. The molecule has 4 N–H and O–H groups in total. The maximum Gasteiger partial charge on any atom is 0.345 e. The monoisotopic (exact) mass is 291 g/mol. The molecule has 0 atom stereocenters. The summed E-state index contributed by atoms with van der Waals surface area (Å²) < 4.78 is 10.4. The van der Waals surface area contributed by atoms with Crippen LogP contribution in [0.5, 0.6) is 5.75 Å². The predicted octanol–water partition coefficient (Wildman–Crippen LogP) is 1.11. The fraction of sp³-hybridized carbons (Fsp3) is 0.0769. The van der Waals surface area contributed by atoms with Crippen LogP contribution in [-0.2, 0) is 0 Å². The number of nitrogens with one attached hydrogen (secondary N) is 2. The lowest BCUT2D eigenvalue weighted by atomic mass is 10.1. The number of ether oxygens (including phenoxy) is 1. The third-order valence-electron chi connectivity index (χ3n) is 2.61. The summed E-state index contributed by atoms with van der Waals surface area (Å²) in [6.07, 6.45) is 0. The van der Waals surface area contributed by atoms with Gasteiger partial charge in [-0.25, -0.2) is 4.79 Å². The molecule has 0 saturated heterocycles. The van der Waals surface area contributed by atoms with Gasteiger partial charge < -0.3 is 14.9 Å². The topological polar surface area (TPSA) is 89.5 Å². The van der Waals surface area contributed by atoms with E-state index in [9.17, 15) is 4.79 Å². The first kappa shape index (κ1) is 13.9. The molecule has 0 aliphatic rings. The Balaban J connectivity index is 2.46. The van der Waals surface area contributed by atoms with Crippen molar-refractivity contribution in [2.75, 3.05) is 7.11 Å². The van der Waals surface area contributed by atoms with Crippen molar-refractivity contribution >= 4 is 34.0 Å². The molecule has 1 aromatic heterocycles. The summed E-state index contributed by atoms with van der Waals surface area (Å²) in [7, 11) is 1.51. The number of nitrogens with two attached hydrogens (primary N) is 1. The molecule has 1 aromatic carbocycles. The van der Waals surface area contributed by atoms with E-state index in [1.165, 1.54) is 7.11 Å². The third kappa shape index (κ3) is 2.72. The van der Waals surface area contributed by atoms with Crippen LogP contribution in [0.2, 0.25) is 0 Å². The number of fused-ring (bicyclic) bond motifs is 1. The van der Waals surface area contributed by atoms with Gasteiger partial charge in [0.15, 0.2) is 16.4 Å². The quantitative estimate of drug-likeness (QED) is 0.441. The van der Waals surface area contributed by atoms with Gasteiger partial charge in [0.25, 0.3) is 0 Å². The van der Waals surface area contributed by atoms with Gasteiger partial charge in [-0.1, -0.05) is 18.7 Å². The Hall–Kier alpha value is -2.54. The number of benzene rings is 1. The molecular weight excluding hydrogens is 278 g/mol. The van der Waals surface area contributed by atoms with Crippen molar-refractivity contribution in [2.45, 2.75) is 0 Å². The maximum absolute atomic E-state index is 12.0. The van der Waals surface area contributed by atoms with Crippen LogP contribution in [-0.4, -0.2) is 12.2 Å². The van der Waals surface area contributed by atoms with Gasteiger partial charge in [0, 0.05) is 5.39 Å². The van der Waals surface area contributed by atoms with Crippen molar-refractivity contribution in [1.29, 1.82) is 0 Å². The minimum atomic E-state index is -0.538. The first-order valence-corrected chi connectivity index (χ1v) is 6.05. The zero-order valence-electron chi connectivity index (χ0n) is 10.7.